The van der Waals surface area contributed by atoms with Crippen molar-refractivity contribution >= 4 is 11.8 Å². The Bertz CT molecular complexity index is 519. The van der Waals surface area contributed by atoms with Crippen molar-refractivity contribution < 1.29 is 9.59 Å². The van der Waals surface area contributed by atoms with Gasteiger partial charge in [0.2, 0.25) is 11.8 Å². The molecule has 0 radical (unpaired) electrons. The smallest absolute Gasteiger partial charge is 0.239 e. The van der Waals surface area contributed by atoms with E-state index in [4.69, 9.17) is 0 Å². The molecule has 0 spiro atoms. The molecule has 1 fully saturated rings. The van der Waals surface area contributed by atoms with Crippen LogP contribution in [0.15, 0.2) is 30.3 Å². The predicted molar refractivity (Wildman–Crippen MR) is 95.4 cm³/mol. The minimum absolute atomic E-state index is 0.0562. The second kappa shape index (κ2) is 10.1. The number of likely N-dealkylation sites (tertiary alicyclic amines) is 1. The van der Waals surface area contributed by atoms with Crippen LogP contribution in [0.3, 0.4) is 0 Å². The minimum Gasteiger partial charge on any atom is -0.354 e. The average Bonchev–Trinajstić information content (AvgIpc) is 2.60. The molecule has 1 aliphatic heterocycles. The first-order valence-electron chi connectivity index (χ1n) is 8.97. The van der Waals surface area contributed by atoms with E-state index in [1.54, 1.807) is 0 Å². The predicted octanol–water partition coefficient (Wildman–Crippen LogP) is 1.93. The second-order valence-electron chi connectivity index (χ2n) is 6.56. The summed E-state index contributed by atoms with van der Waals surface area (Å²) in [6, 6.07) is 10.5. The van der Waals surface area contributed by atoms with Gasteiger partial charge in [0.1, 0.15) is 0 Å². The molecular formula is C19H29N3O2. The van der Waals surface area contributed by atoms with Crippen LogP contribution in [0.2, 0.25) is 0 Å². The van der Waals surface area contributed by atoms with E-state index >= 15 is 0 Å². The molecule has 132 valence electrons. The molecule has 5 heteroatoms. The number of rotatable bonds is 8. The molecule has 1 aromatic rings. The maximum Gasteiger partial charge on any atom is 0.239 e. The van der Waals surface area contributed by atoms with E-state index in [-0.39, 0.29) is 18.4 Å². The normalized spacial score (nSPS) is 18.1. The number of amides is 2. The van der Waals surface area contributed by atoms with Crippen molar-refractivity contribution in [2.45, 2.75) is 39.2 Å². The fourth-order valence-electron chi connectivity index (χ4n) is 3.12. The summed E-state index contributed by atoms with van der Waals surface area (Å²) in [4.78, 5) is 25.7. The Balaban J connectivity index is 1.67. The van der Waals surface area contributed by atoms with Crippen molar-refractivity contribution in [1.82, 2.24) is 15.5 Å². The molecule has 0 aromatic heterocycles. The topological polar surface area (TPSA) is 61.4 Å². The number of nitrogens with zero attached hydrogens (tertiary/aromatic N) is 1. The standard InChI is InChI=1S/C19H29N3O2/c1-2-7-18(23)21-13-19(24)20-12-17-10-6-11-22(15-17)14-16-8-4-3-5-9-16/h3-5,8-9,17H,2,6-7,10-15H2,1H3,(H,20,24)(H,21,23)/t17-/m0/s1. The largest absolute Gasteiger partial charge is 0.354 e. The van der Waals surface area contributed by atoms with Gasteiger partial charge >= 0.3 is 0 Å². The summed E-state index contributed by atoms with van der Waals surface area (Å²) in [5, 5.41) is 5.61. The first kappa shape index (κ1) is 18.5. The maximum atomic E-state index is 11.8. The monoisotopic (exact) mass is 331 g/mol. The average molecular weight is 331 g/mol. The van der Waals surface area contributed by atoms with E-state index in [1.165, 1.54) is 12.0 Å². The van der Waals surface area contributed by atoms with Crippen LogP contribution < -0.4 is 10.6 Å². The zero-order valence-corrected chi connectivity index (χ0v) is 14.6. The Labute approximate surface area is 144 Å². The van der Waals surface area contributed by atoms with Crippen molar-refractivity contribution in [1.29, 1.82) is 0 Å². The van der Waals surface area contributed by atoms with Crippen LogP contribution in [-0.2, 0) is 16.1 Å². The van der Waals surface area contributed by atoms with Gasteiger partial charge in [-0.1, -0.05) is 37.3 Å². The van der Waals surface area contributed by atoms with Gasteiger partial charge in [0.25, 0.3) is 0 Å². The zero-order valence-electron chi connectivity index (χ0n) is 14.6. The Hall–Kier alpha value is -1.88. The highest BCUT2D eigenvalue weighted by Crippen LogP contribution is 2.17. The third kappa shape index (κ3) is 6.71. The number of carbonyl (C=O) groups is 2. The van der Waals surface area contributed by atoms with E-state index in [2.05, 4.69) is 39.8 Å². The lowest BCUT2D eigenvalue weighted by molar-refractivity contribution is -0.126. The number of hydrogen-bond acceptors (Lipinski definition) is 3. The maximum absolute atomic E-state index is 11.8. The van der Waals surface area contributed by atoms with Gasteiger partial charge < -0.3 is 10.6 Å². The molecule has 1 atom stereocenters. The lowest BCUT2D eigenvalue weighted by Gasteiger charge is -2.32. The van der Waals surface area contributed by atoms with Crippen LogP contribution in [0.4, 0.5) is 0 Å². The summed E-state index contributed by atoms with van der Waals surface area (Å²) in [5.41, 5.74) is 1.33. The van der Waals surface area contributed by atoms with Gasteiger partial charge in [-0.3, -0.25) is 14.5 Å². The highest BCUT2D eigenvalue weighted by Gasteiger charge is 2.20. The van der Waals surface area contributed by atoms with Crippen molar-refractivity contribution in [3.63, 3.8) is 0 Å². The third-order valence-electron chi connectivity index (χ3n) is 4.36. The van der Waals surface area contributed by atoms with Crippen LogP contribution in [0.1, 0.15) is 38.2 Å². The van der Waals surface area contributed by atoms with E-state index in [0.717, 1.165) is 32.5 Å². The number of hydrogen-bond donors (Lipinski definition) is 2. The van der Waals surface area contributed by atoms with Crippen molar-refractivity contribution in [2.24, 2.45) is 5.92 Å². The summed E-state index contributed by atoms with van der Waals surface area (Å²) < 4.78 is 0. The molecule has 24 heavy (non-hydrogen) atoms. The fourth-order valence-corrected chi connectivity index (χ4v) is 3.12. The van der Waals surface area contributed by atoms with Gasteiger partial charge in [0, 0.05) is 26.1 Å². The van der Waals surface area contributed by atoms with Gasteiger partial charge in [0.15, 0.2) is 0 Å². The minimum atomic E-state index is -0.0976. The van der Waals surface area contributed by atoms with Crippen molar-refractivity contribution in [2.75, 3.05) is 26.2 Å². The Morgan fingerprint density at radius 1 is 1.17 bits per heavy atom. The SMILES string of the molecule is CCCC(=O)NCC(=O)NC[C@@H]1CCCN(Cc2ccccc2)C1. The van der Waals surface area contributed by atoms with Crippen molar-refractivity contribution in [3.8, 4) is 0 Å². The number of carbonyl (C=O) groups excluding carboxylic acids is 2. The molecule has 0 saturated carbocycles. The van der Waals surface area contributed by atoms with Crippen molar-refractivity contribution in [3.05, 3.63) is 35.9 Å². The molecule has 2 amide bonds. The summed E-state index contributed by atoms with van der Waals surface area (Å²) >= 11 is 0. The first-order valence-corrected chi connectivity index (χ1v) is 8.97. The fraction of sp³-hybridized carbons (Fsp3) is 0.579. The summed E-state index contributed by atoms with van der Waals surface area (Å²) in [6.07, 6.45) is 3.59. The van der Waals surface area contributed by atoms with E-state index in [1.807, 2.05) is 13.0 Å². The van der Waals surface area contributed by atoms with Gasteiger partial charge in [-0.25, -0.2) is 0 Å². The molecule has 1 saturated heterocycles. The van der Waals surface area contributed by atoms with Crippen LogP contribution in [0.25, 0.3) is 0 Å². The van der Waals surface area contributed by atoms with E-state index in [9.17, 15) is 9.59 Å². The van der Waals surface area contributed by atoms with Gasteiger partial charge in [-0.05, 0) is 37.3 Å². The van der Waals surface area contributed by atoms with E-state index < -0.39 is 0 Å². The summed E-state index contributed by atoms with van der Waals surface area (Å²) in [5.74, 6) is 0.330. The molecule has 1 aromatic carbocycles. The van der Waals surface area contributed by atoms with Gasteiger partial charge in [-0.15, -0.1) is 0 Å². The molecule has 0 bridgehead atoms. The Morgan fingerprint density at radius 2 is 1.96 bits per heavy atom. The molecule has 1 aliphatic rings. The van der Waals surface area contributed by atoms with Gasteiger partial charge in [0.05, 0.1) is 6.54 Å². The molecule has 2 rings (SSSR count). The molecule has 0 unspecified atom stereocenters. The molecule has 1 heterocycles. The van der Waals surface area contributed by atoms with Crippen LogP contribution in [0, 0.1) is 5.92 Å². The zero-order chi connectivity index (χ0) is 17.2. The lowest BCUT2D eigenvalue weighted by atomic mass is 9.97. The quantitative estimate of drug-likeness (QED) is 0.765. The molecule has 0 aliphatic carbocycles. The van der Waals surface area contributed by atoms with E-state index in [0.29, 0.717) is 18.9 Å². The Kier molecular flexibility index (Phi) is 7.75. The highest BCUT2D eigenvalue weighted by atomic mass is 16.2. The Morgan fingerprint density at radius 3 is 2.71 bits per heavy atom. The molecular weight excluding hydrogens is 302 g/mol. The number of piperidine rings is 1. The van der Waals surface area contributed by atoms with Crippen LogP contribution in [-0.4, -0.2) is 42.9 Å². The summed E-state index contributed by atoms with van der Waals surface area (Å²) in [6.45, 7) is 5.82. The summed E-state index contributed by atoms with van der Waals surface area (Å²) in [7, 11) is 0. The first-order chi connectivity index (χ1) is 11.7. The number of nitrogens with one attached hydrogen (secondary N) is 2. The third-order valence-corrected chi connectivity index (χ3v) is 4.36. The molecule has 5 nitrogen and oxygen atoms in total. The lowest BCUT2D eigenvalue weighted by Crippen LogP contribution is -2.43. The second-order valence-corrected chi connectivity index (χ2v) is 6.56. The van der Waals surface area contributed by atoms with Gasteiger partial charge in [-0.2, -0.15) is 0 Å². The van der Waals surface area contributed by atoms with Crippen LogP contribution >= 0.6 is 0 Å². The molecule has 2 N–H and O–H groups in total. The highest BCUT2D eigenvalue weighted by molar-refractivity contribution is 5.84. The van der Waals surface area contributed by atoms with Crippen LogP contribution in [0.5, 0.6) is 0 Å². The number of benzene rings is 1.